The summed E-state index contributed by atoms with van der Waals surface area (Å²) in [5, 5.41) is 1.10. The average Bonchev–Trinajstić information content (AvgIpc) is 3.21. The molecule has 2 amide bonds. The van der Waals surface area contributed by atoms with Crippen LogP contribution in [0.1, 0.15) is 0 Å². The number of carbonyl (C=O) groups is 2. The maximum Gasteiger partial charge on any atom is 0.323 e. The molecule has 26 heavy (non-hydrogen) atoms. The molecule has 136 valence electrons. The van der Waals surface area contributed by atoms with E-state index in [1.54, 1.807) is 30.5 Å². The Balaban J connectivity index is 1.49. The van der Waals surface area contributed by atoms with Gasteiger partial charge in [0.1, 0.15) is 0 Å². The average molecular weight is 378 g/mol. The van der Waals surface area contributed by atoms with Crippen LogP contribution in [0.2, 0.25) is 0 Å². The molecule has 0 spiro atoms. The second kappa shape index (κ2) is 5.90. The van der Waals surface area contributed by atoms with Gasteiger partial charge in [-0.15, -0.1) is 0 Å². The molecular formula is C15H14N4O6S. The molecule has 4 rings (SSSR count). The van der Waals surface area contributed by atoms with Crippen molar-refractivity contribution in [3.05, 3.63) is 36.9 Å². The summed E-state index contributed by atoms with van der Waals surface area (Å²) in [5.41, 5.74) is 1.20. The fourth-order valence-corrected chi connectivity index (χ4v) is 4.23. The first kappa shape index (κ1) is 16.7. The Kier molecular flexibility index (Phi) is 3.79. The van der Waals surface area contributed by atoms with Crippen molar-refractivity contribution in [3.63, 3.8) is 0 Å². The first-order chi connectivity index (χ1) is 12.4. The highest BCUT2D eigenvalue weighted by Gasteiger charge is 2.60. The maximum absolute atomic E-state index is 12.5. The van der Waals surface area contributed by atoms with Crippen LogP contribution in [-0.2, 0) is 14.9 Å². The van der Waals surface area contributed by atoms with E-state index in [9.17, 15) is 18.0 Å². The molecule has 0 bridgehead atoms. The minimum atomic E-state index is -4.51. The molecule has 2 saturated heterocycles. The fraction of sp³-hybridized carbons (Fsp3) is 0.267. The number of anilines is 1. The zero-order valence-electron chi connectivity index (χ0n) is 13.3. The number of urea groups is 1. The van der Waals surface area contributed by atoms with Crippen LogP contribution in [0, 0.1) is 0 Å². The van der Waals surface area contributed by atoms with Gasteiger partial charge in [-0.1, -0.05) is 12.1 Å². The third-order valence-corrected chi connectivity index (χ3v) is 5.45. The van der Waals surface area contributed by atoms with Gasteiger partial charge in [0, 0.05) is 24.3 Å². The Hall–Kier alpha value is -2.76. The quantitative estimate of drug-likeness (QED) is 0.743. The van der Waals surface area contributed by atoms with Crippen molar-refractivity contribution in [1.82, 2.24) is 14.8 Å². The molecule has 0 radical (unpaired) electrons. The zero-order valence-corrected chi connectivity index (χ0v) is 14.1. The molecule has 2 N–H and O–H groups in total. The van der Waals surface area contributed by atoms with E-state index in [0.29, 0.717) is 11.4 Å². The maximum atomic E-state index is 12.5. The van der Waals surface area contributed by atoms with Crippen LogP contribution in [0.3, 0.4) is 0 Å². The molecule has 1 aromatic carbocycles. The van der Waals surface area contributed by atoms with E-state index >= 15 is 0 Å². The second-order valence-electron chi connectivity index (χ2n) is 5.95. The second-order valence-corrected chi connectivity index (χ2v) is 7.43. The Bertz CT molecular complexity index is 974. The van der Waals surface area contributed by atoms with Gasteiger partial charge in [0.15, 0.2) is 18.3 Å². The highest BCUT2D eigenvalue weighted by atomic mass is 32.2. The highest BCUT2D eigenvalue weighted by molar-refractivity contribution is 7.87. The van der Waals surface area contributed by atoms with Gasteiger partial charge in [-0.05, 0) is 12.1 Å². The summed E-state index contributed by atoms with van der Waals surface area (Å²) < 4.78 is 36.8. The molecular weight excluding hydrogens is 364 g/mol. The van der Waals surface area contributed by atoms with Crippen molar-refractivity contribution in [2.75, 3.05) is 18.4 Å². The van der Waals surface area contributed by atoms with Crippen molar-refractivity contribution < 1.29 is 27.0 Å². The van der Waals surface area contributed by atoms with E-state index in [2.05, 4.69) is 10.3 Å². The number of ketones is 1. The van der Waals surface area contributed by atoms with Crippen LogP contribution in [0.15, 0.2) is 41.3 Å². The van der Waals surface area contributed by atoms with Gasteiger partial charge >= 0.3 is 6.03 Å². The number of hydrogen-bond donors (Lipinski definition) is 2. The predicted molar refractivity (Wildman–Crippen MR) is 88.5 cm³/mol. The van der Waals surface area contributed by atoms with Crippen molar-refractivity contribution in [2.45, 2.75) is 11.5 Å². The van der Waals surface area contributed by atoms with Crippen molar-refractivity contribution in [3.8, 4) is 11.3 Å². The molecule has 3 heterocycles. The lowest BCUT2D eigenvalue weighted by atomic mass is 10.1. The Morgan fingerprint density at radius 1 is 1.35 bits per heavy atom. The molecule has 2 fully saturated rings. The highest BCUT2D eigenvalue weighted by Crippen LogP contribution is 2.33. The molecule has 0 aliphatic carbocycles. The monoisotopic (exact) mass is 378 g/mol. The molecule has 2 aromatic rings. The van der Waals surface area contributed by atoms with Crippen LogP contribution >= 0.6 is 0 Å². The van der Waals surface area contributed by atoms with Crippen LogP contribution in [0.25, 0.3) is 11.3 Å². The number of Topliss-reactive ketones (excluding diaryl/α,β-unsaturated/α-hetero) is 1. The third-order valence-electron chi connectivity index (χ3n) is 4.38. The number of benzene rings is 1. The van der Waals surface area contributed by atoms with Gasteiger partial charge in [-0.2, -0.15) is 8.42 Å². The number of hydrogen-bond acceptors (Lipinski definition) is 7. The largest absolute Gasteiger partial charge is 0.444 e. The number of nitrogens with one attached hydrogen (secondary N) is 1. The van der Waals surface area contributed by atoms with Gasteiger partial charge in [0.2, 0.25) is 11.2 Å². The van der Waals surface area contributed by atoms with Gasteiger partial charge < -0.3 is 14.6 Å². The molecule has 2 aliphatic rings. The number of aromatic nitrogens is 1. The van der Waals surface area contributed by atoms with Crippen molar-refractivity contribution in [1.29, 1.82) is 0 Å². The first-order valence-electron chi connectivity index (χ1n) is 7.68. The number of rotatable bonds is 3. The summed E-state index contributed by atoms with van der Waals surface area (Å²) in [6, 6.07) is 6.35. The van der Waals surface area contributed by atoms with Gasteiger partial charge in [-0.3, -0.25) is 14.2 Å². The molecule has 2 atom stereocenters. The van der Waals surface area contributed by atoms with Gasteiger partial charge in [-0.25, -0.2) is 9.78 Å². The lowest BCUT2D eigenvalue weighted by Gasteiger charge is -2.41. The number of nitrogens with zero attached hydrogens (tertiary/aromatic N) is 3. The van der Waals surface area contributed by atoms with E-state index in [-0.39, 0.29) is 13.1 Å². The van der Waals surface area contributed by atoms with E-state index in [4.69, 9.17) is 8.97 Å². The molecule has 2 aliphatic heterocycles. The zero-order chi connectivity index (χ0) is 18.5. The minimum Gasteiger partial charge on any atom is -0.444 e. The molecule has 11 heteroatoms. The SMILES string of the molecule is O=C1C(S(=O)(=O)O)N2CCN(C(=O)Nc3cccc(-c4cnco4)c3)[C@H]12. The normalized spacial score (nSPS) is 22.8. The minimum absolute atomic E-state index is 0.177. The Morgan fingerprint density at radius 3 is 2.85 bits per heavy atom. The molecule has 1 unspecified atom stereocenters. The summed E-state index contributed by atoms with van der Waals surface area (Å²) in [6.07, 6.45) is 1.87. The van der Waals surface area contributed by atoms with E-state index in [0.717, 1.165) is 5.56 Å². The lowest BCUT2D eigenvalue weighted by Crippen LogP contribution is -2.69. The number of amides is 2. The molecule has 0 saturated carbocycles. The summed E-state index contributed by atoms with van der Waals surface area (Å²) >= 11 is 0. The van der Waals surface area contributed by atoms with Crippen LogP contribution in [0.4, 0.5) is 10.5 Å². The predicted octanol–water partition coefficient (Wildman–Crippen LogP) is 0.614. The summed E-state index contributed by atoms with van der Waals surface area (Å²) in [6.45, 7) is 0.364. The van der Waals surface area contributed by atoms with Crippen LogP contribution in [0.5, 0.6) is 0 Å². The van der Waals surface area contributed by atoms with Crippen LogP contribution in [-0.4, -0.2) is 64.2 Å². The fourth-order valence-electron chi connectivity index (χ4n) is 3.25. The van der Waals surface area contributed by atoms with Crippen molar-refractivity contribution >= 4 is 27.6 Å². The van der Waals surface area contributed by atoms with E-state index in [1.807, 2.05) is 0 Å². The number of fused-ring (bicyclic) bond motifs is 1. The van der Waals surface area contributed by atoms with Crippen molar-refractivity contribution in [2.24, 2.45) is 0 Å². The van der Waals surface area contributed by atoms with E-state index in [1.165, 1.54) is 16.2 Å². The molecule has 10 nitrogen and oxygen atoms in total. The number of oxazole rings is 1. The third kappa shape index (κ3) is 2.66. The smallest absolute Gasteiger partial charge is 0.323 e. The topological polar surface area (TPSA) is 133 Å². The van der Waals surface area contributed by atoms with Gasteiger partial charge in [0.05, 0.1) is 6.20 Å². The first-order valence-corrected chi connectivity index (χ1v) is 9.19. The van der Waals surface area contributed by atoms with Crippen LogP contribution < -0.4 is 5.32 Å². The summed E-state index contributed by atoms with van der Waals surface area (Å²) in [7, 11) is -4.51. The lowest BCUT2D eigenvalue weighted by molar-refractivity contribution is -0.141. The molecule has 1 aromatic heterocycles. The Labute approximate surface area is 148 Å². The summed E-state index contributed by atoms with van der Waals surface area (Å²) in [4.78, 5) is 30.9. The number of carbonyl (C=O) groups excluding carboxylic acids is 2. The standard InChI is InChI=1S/C15H14N4O6S/c20-12-13-18(14(12)26(22,23)24)4-5-19(13)15(21)17-10-3-1-2-9(6-10)11-7-16-8-25-11/h1-3,6-8,13-14H,4-5H2,(H,17,21)(H,22,23,24)/t13-,14?/m1/s1. The van der Waals surface area contributed by atoms with Gasteiger partial charge in [0.25, 0.3) is 10.1 Å². The Morgan fingerprint density at radius 2 is 2.15 bits per heavy atom. The van der Waals surface area contributed by atoms with E-state index < -0.39 is 33.5 Å². The summed E-state index contributed by atoms with van der Waals surface area (Å²) in [5.74, 6) is -0.172.